The van der Waals surface area contributed by atoms with Gasteiger partial charge >= 0.3 is 11.9 Å². The van der Waals surface area contributed by atoms with E-state index in [1.54, 1.807) is 0 Å². The molecule has 1 aromatic rings. The monoisotopic (exact) mass is 442 g/mol. The molecule has 1 fully saturated rings. The summed E-state index contributed by atoms with van der Waals surface area (Å²) >= 11 is 0. The minimum absolute atomic E-state index is 0.0767. The van der Waals surface area contributed by atoms with Crippen LogP contribution in [0.4, 0.5) is 0 Å². The average molecular weight is 442 g/mol. The highest BCUT2D eigenvalue weighted by atomic mass is 16.7. The molecule has 172 valence electrons. The van der Waals surface area contributed by atoms with Gasteiger partial charge in [0.05, 0.1) is 12.5 Å². The normalized spacial score (nSPS) is 27.2. The molecule has 6 N–H and O–H groups in total. The van der Waals surface area contributed by atoms with E-state index in [2.05, 4.69) is 0 Å². The van der Waals surface area contributed by atoms with E-state index in [9.17, 15) is 35.1 Å². The third-order valence-electron chi connectivity index (χ3n) is 4.72. The van der Waals surface area contributed by atoms with E-state index in [0.717, 1.165) is 6.08 Å². The Morgan fingerprint density at radius 2 is 1.84 bits per heavy atom. The molecule has 11 nitrogen and oxygen atoms in total. The smallest absolute Gasteiger partial charge is 0.330 e. The Labute approximate surface area is 177 Å². The molecule has 6 unspecified atom stereocenters. The molecule has 0 spiro atoms. The lowest BCUT2D eigenvalue weighted by Crippen LogP contribution is -2.59. The number of carboxylic acids is 1. The van der Waals surface area contributed by atoms with Gasteiger partial charge in [-0.15, -0.1) is 0 Å². The molecule has 1 heterocycles. The fourth-order valence-corrected chi connectivity index (χ4v) is 2.70. The van der Waals surface area contributed by atoms with Gasteiger partial charge in [-0.05, 0) is 30.2 Å². The van der Waals surface area contributed by atoms with Gasteiger partial charge in [-0.2, -0.15) is 0 Å². The van der Waals surface area contributed by atoms with Gasteiger partial charge in [0, 0.05) is 6.08 Å². The molecular weight excluding hydrogens is 416 g/mol. The zero-order valence-electron chi connectivity index (χ0n) is 16.7. The highest BCUT2D eigenvalue weighted by Crippen LogP contribution is 2.25. The van der Waals surface area contributed by atoms with Gasteiger partial charge in [-0.3, -0.25) is 4.79 Å². The summed E-state index contributed by atoms with van der Waals surface area (Å²) in [5.74, 6) is -3.17. The fourth-order valence-electron chi connectivity index (χ4n) is 2.70. The molecule has 0 amide bonds. The van der Waals surface area contributed by atoms with Gasteiger partial charge < -0.3 is 44.8 Å². The first-order valence-electron chi connectivity index (χ1n) is 9.51. The van der Waals surface area contributed by atoms with Crippen LogP contribution >= 0.6 is 0 Å². The Kier molecular flexibility index (Phi) is 8.77. The summed E-state index contributed by atoms with van der Waals surface area (Å²) in [6.07, 6.45) is -4.80. The molecule has 11 heteroatoms. The summed E-state index contributed by atoms with van der Waals surface area (Å²) in [7, 11) is 0. The van der Waals surface area contributed by atoms with Crippen molar-refractivity contribution in [2.45, 2.75) is 44.1 Å². The van der Waals surface area contributed by atoms with Gasteiger partial charge in [0.2, 0.25) is 0 Å². The van der Waals surface area contributed by atoms with Crippen molar-refractivity contribution in [2.24, 2.45) is 5.92 Å². The Morgan fingerprint density at radius 1 is 1.13 bits per heavy atom. The van der Waals surface area contributed by atoms with Crippen LogP contribution < -0.4 is 0 Å². The summed E-state index contributed by atoms with van der Waals surface area (Å²) in [6, 6.07) is 3.94. The van der Waals surface area contributed by atoms with Crippen LogP contribution in [-0.4, -0.2) is 86.5 Å². The molecule has 6 atom stereocenters. The maximum absolute atomic E-state index is 11.9. The number of carboxylic acid groups (broad SMARTS) is 1. The summed E-state index contributed by atoms with van der Waals surface area (Å²) in [5.41, 5.74) is 0.420. The number of aliphatic hydroxyl groups is 3. The van der Waals surface area contributed by atoms with Crippen molar-refractivity contribution < 1.29 is 54.4 Å². The first-order chi connectivity index (χ1) is 14.6. The van der Waals surface area contributed by atoms with Crippen molar-refractivity contribution in [1.82, 2.24) is 0 Å². The Morgan fingerprint density at radius 3 is 2.48 bits per heavy atom. The molecule has 0 saturated carbocycles. The number of benzene rings is 1. The zero-order chi connectivity index (χ0) is 23.1. The van der Waals surface area contributed by atoms with Crippen molar-refractivity contribution in [3.8, 4) is 11.5 Å². The predicted molar refractivity (Wildman–Crippen MR) is 104 cm³/mol. The lowest BCUT2D eigenvalue weighted by atomic mass is 9.99. The van der Waals surface area contributed by atoms with Crippen LogP contribution in [0.3, 0.4) is 0 Å². The summed E-state index contributed by atoms with van der Waals surface area (Å²) in [5, 5.41) is 57.6. The van der Waals surface area contributed by atoms with E-state index >= 15 is 0 Å². The lowest BCUT2D eigenvalue weighted by molar-refractivity contribution is -0.301. The predicted octanol–water partition coefficient (Wildman–Crippen LogP) is -0.411. The second-order valence-corrected chi connectivity index (χ2v) is 7.12. The summed E-state index contributed by atoms with van der Waals surface area (Å²) in [4.78, 5) is 22.7. The minimum atomic E-state index is -1.63. The van der Waals surface area contributed by atoms with E-state index in [1.165, 1.54) is 31.2 Å². The van der Waals surface area contributed by atoms with Crippen molar-refractivity contribution in [2.75, 3.05) is 13.2 Å². The Balaban J connectivity index is 1.88. The minimum Gasteiger partial charge on any atom is -0.504 e. The SMILES string of the molecule is CC(CCOC1OC(COC(=O)C=Cc2ccc(O)c(O)c2)C(O)C(O)C1O)C(=O)O. The number of hydrogen-bond acceptors (Lipinski definition) is 10. The first-order valence-corrected chi connectivity index (χ1v) is 9.51. The first kappa shape index (κ1) is 24.6. The fraction of sp³-hybridized carbons (Fsp3) is 0.500. The maximum atomic E-state index is 11.9. The van der Waals surface area contributed by atoms with Crippen LogP contribution in [0.2, 0.25) is 0 Å². The second-order valence-electron chi connectivity index (χ2n) is 7.12. The topological polar surface area (TPSA) is 183 Å². The largest absolute Gasteiger partial charge is 0.504 e. The van der Waals surface area contributed by atoms with Crippen molar-refractivity contribution in [1.29, 1.82) is 0 Å². The number of phenolic OH excluding ortho intramolecular Hbond substituents is 2. The summed E-state index contributed by atoms with van der Waals surface area (Å²) < 4.78 is 15.7. The third kappa shape index (κ3) is 6.91. The molecule has 0 bridgehead atoms. The number of hydrogen-bond donors (Lipinski definition) is 6. The van der Waals surface area contributed by atoms with E-state index < -0.39 is 55.2 Å². The van der Waals surface area contributed by atoms with Crippen LogP contribution in [0.5, 0.6) is 11.5 Å². The molecule has 1 aromatic carbocycles. The molecular formula is C20H26O11. The van der Waals surface area contributed by atoms with E-state index in [4.69, 9.17) is 19.3 Å². The number of aliphatic hydroxyl groups excluding tert-OH is 3. The quantitative estimate of drug-likeness (QED) is 0.166. The van der Waals surface area contributed by atoms with E-state index in [1.807, 2.05) is 0 Å². The molecule has 0 radical (unpaired) electrons. The number of aromatic hydroxyl groups is 2. The summed E-state index contributed by atoms with van der Waals surface area (Å²) in [6.45, 7) is 0.949. The molecule has 31 heavy (non-hydrogen) atoms. The van der Waals surface area contributed by atoms with Crippen molar-refractivity contribution >= 4 is 18.0 Å². The average Bonchev–Trinajstić information content (AvgIpc) is 2.73. The molecule has 1 saturated heterocycles. The number of esters is 1. The standard InChI is InChI=1S/C20H26O11/c1-10(19(27)28)6-7-29-20-18(26)17(25)16(24)14(31-20)9-30-15(23)5-3-11-2-4-12(21)13(22)8-11/h2-5,8,10,14,16-18,20-22,24-26H,6-7,9H2,1H3,(H,27,28). The van der Waals surface area contributed by atoms with Crippen LogP contribution in [0.15, 0.2) is 24.3 Å². The highest BCUT2D eigenvalue weighted by molar-refractivity contribution is 5.87. The Bertz CT molecular complexity index is 793. The number of rotatable bonds is 9. The highest BCUT2D eigenvalue weighted by Gasteiger charge is 2.44. The van der Waals surface area contributed by atoms with Gasteiger partial charge in [-0.1, -0.05) is 13.0 Å². The Hall–Kier alpha value is -2.70. The molecule has 0 aliphatic carbocycles. The zero-order valence-corrected chi connectivity index (χ0v) is 16.7. The van der Waals surface area contributed by atoms with Crippen LogP contribution in [-0.2, 0) is 23.8 Å². The van der Waals surface area contributed by atoms with Crippen LogP contribution in [0, 0.1) is 5.92 Å². The van der Waals surface area contributed by atoms with Crippen molar-refractivity contribution in [3.63, 3.8) is 0 Å². The number of carbonyl (C=O) groups is 2. The van der Waals surface area contributed by atoms with Crippen molar-refractivity contribution in [3.05, 3.63) is 29.8 Å². The number of carbonyl (C=O) groups excluding carboxylic acids is 1. The molecule has 1 aliphatic heterocycles. The third-order valence-corrected chi connectivity index (χ3v) is 4.72. The molecule has 1 aliphatic rings. The number of ether oxygens (including phenoxy) is 3. The molecule has 0 aromatic heterocycles. The van der Waals surface area contributed by atoms with Gasteiger partial charge in [0.25, 0.3) is 0 Å². The van der Waals surface area contributed by atoms with Gasteiger partial charge in [0.1, 0.15) is 31.0 Å². The second kappa shape index (κ2) is 11.1. The van der Waals surface area contributed by atoms with E-state index in [0.29, 0.717) is 5.56 Å². The number of phenols is 2. The van der Waals surface area contributed by atoms with E-state index in [-0.39, 0.29) is 24.5 Å². The maximum Gasteiger partial charge on any atom is 0.330 e. The van der Waals surface area contributed by atoms with Crippen LogP contribution in [0.1, 0.15) is 18.9 Å². The number of aliphatic carboxylic acids is 1. The van der Waals surface area contributed by atoms with Gasteiger partial charge in [-0.25, -0.2) is 4.79 Å². The van der Waals surface area contributed by atoms with Crippen LogP contribution in [0.25, 0.3) is 6.08 Å². The lowest BCUT2D eigenvalue weighted by Gasteiger charge is -2.40. The van der Waals surface area contributed by atoms with Gasteiger partial charge in [0.15, 0.2) is 17.8 Å². The molecule has 2 rings (SSSR count).